The molecule has 0 saturated carbocycles. The third kappa shape index (κ3) is 4.31. The van der Waals surface area contributed by atoms with Crippen LogP contribution in [0.1, 0.15) is 22.3 Å². The van der Waals surface area contributed by atoms with Gasteiger partial charge in [-0.05, 0) is 92.4 Å². The highest BCUT2D eigenvalue weighted by Crippen LogP contribution is 2.39. The van der Waals surface area contributed by atoms with Crippen LogP contribution in [0, 0.1) is 27.7 Å². The molecule has 0 saturated heterocycles. The first-order chi connectivity index (χ1) is 15.2. The maximum atomic E-state index is 13.5. The molecule has 32 heavy (non-hydrogen) atoms. The smallest absolute Gasteiger partial charge is 0.283 e. The average Bonchev–Trinajstić information content (AvgIpc) is 2.96. The first kappa shape index (κ1) is 22.2. The van der Waals surface area contributed by atoms with Gasteiger partial charge in [0.2, 0.25) is 0 Å². The van der Waals surface area contributed by atoms with Gasteiger partial charge in [0, 0.05) is 15.6 Å². The van der Waals surface area contributed by atoms with E-state index in [4.69, 9.17) is 11.6 Å². The largest absolute Gasteiger partial charge is 0.350 e. The number of nitrogens with zero attached hydrogens (tertiary/aromatic N) is 1. The van der Waals surface area contributed by atoms with Gasteiger partial charge in [0.25, 0.3) is 11.8 Å². The van der Waals surface area contributed by atoms with E-state index in [9.17, 15) is 9.59 Å². The number of rotatable bonds is 5. The Morgan fingerprint density at radius 2 is 1.50 bits per heavy atom. The Morgan fingerprint density at radius 3 is 2.16 bits per heavy atom. The molecular formula is C26H23ClN2O2S. The Labute approximate surface area is 197 Å². The molecule has 0 fully saturated rings. The van der Waals surface area contributed by atoms with E-state index in [1.165, 1.54) is 16.7 Å². The summed E-state index contributed by atoms with van der Waals surface area (Å²) in [5.41, 5.74) is 5.77. The van der Waals surface area contributed by atoms with Crippen molar-refractivity contribution in [2.45, 2.75) is 32.6 Å². The quantitative estimate of drug-likeness (QED) is 0.436. The van der Waals surface area contributed by atoms with Gasteiger partial charge in [-0.1, -0.05) is 41.6 Å². The molecule has 4 rings (SSSR count). The van der Waals surface area contributed by atoms with Crippen LogP contribution in [-0.2, 0) is 9.59 Å². The second-order valence-corrected chi connectivity index (χ2v) is 9.44. The molecule has 6 heteroatoms. The van der Waals surface area contributed by atoms with Crippen molar-refractivity contribution in [2.75, 3.05) is 10.2 Å². The Kier molecular flexibility index (Phi) is 6.13. The predicted octanol–water partition coefficient (Wildman–Crippen LogP) is 6.56. The van der Waals surface area contributed by atoms with E-state index >= 15 is 0 Å². The topological polar surface area (TPSA) is 49.4 Å². The van der Waals surface area contributed by atoms with Crippen molar-refractivity contribution in [3.05, 3.63) is 98.5 Å². The summed E-state index contributed by atoms with van der Waals surface area (Å²) in [5.74, 6) is -0.704. The minimum Gasteiger partial charge on any atom is -0.350 e. The number of hydrogen-bond donors (Lipinski definition) is 1. The normalized spacial score (nSPS) is 13.8. The van der Waals surface area contributed by atoms with Gasteiger partial charge in [0.05, 0.1) is 5.69 Å². The van der Waals surface area contributed by atoms with E-state index in [0.29, 0.717) is 15.6 Å². The Bertz CT molecular complexity index is 1250. The molecular weight excluding hydrogens is 440 g/mol. The predicted molar refractivity (Wildman–Crippen MR) is 132 cm³/mol. The summed E-state index contributed by atoms with van der Waals surface area (Å²) >= 11 is 7.28. The van der Waals surface area contributed by atoms with Crippen LogP contribution >= 0.6 is 23.4 Å². The van der Waals surface area contributed by atoms with Crippen LogP contribution in [0.5, 0.6) is 0 Å². The third-order valence-corrected chi connectivity index (χ3v) is 6.75. The van der Waals surface area contributed by atoms with Crippen LogP contribution in [0.15, 0.2) is 76.2 Å². The molecule has 0 bridgehead atoms. The number of benzene rings is 3. The second-order valence-electron chi connectivity index (χ2n) is 7.92. The summed E-state index contributed by atoms with van der Waals surface area (Å²) in [5, 5.41) is 3.88. The van der Waals surface area contributed by atoms with Gasteiger partial charge in [0.15, 0.2) is 0 Å². The molecule has 1 N–H and O–H groups in total. The fraction of sp³-hybridized carbons (Fsp3) is 0.154. The Morgan fingerprint density at radius 1 is 0.844 bits per heavy atom. The molecule has 0 unspecified atom stereocenters. The zero-order valence-electron chi connectivity index (χ0n) is 18.3. The van der Waals surface area contributed by atoms with Crippen molar-refractivity contribution in [3.63, 3.8) is 0 Å². The maximum Gasteiger partial charge on any atom is 0.283 e. The lowest BCUT2D eigenvalue weighted by molar-refractivity contribution is -0.120. The number of carbonyl (C=O) groups excluding carboxylic acids is 2. The number of imide groups is 1. The number of nitrogens with one attached hydrogen (secondary N) is 1. The maximum absolute atomic E-state index is 13.5. The molecule has 1 aliphatic rings. The number of carbonyl (C=O) groups is 2. The summed E-state index contributed by atoms with van der Waals surface area (Å²) in [6.45, 7) is 7.91. The number of hydrogen-bond acceptors (Lipinski definition) is 4. The molecule has 3 aromatic carbocycles. The summed E-state index contributed by atoms with van der Waals surface area (Å²) in [6, 6.07) is 18.8. The highest BCUT2D eigenvalue weighted by molar-refractivity contribution is 8.04. The standard InChI is InChI=1S/C26H23ClN2O2S/c1-15-12-16(2)14-20(13-15)29-25(30)23(28-22-7-5-6-17(3)18(22)4)24(26(29)31)32-21-10-8-19(27)9-11-21/h5-14,28H,1-4H3. The van der Waals surface area contributed by atoms with Gasteiger partial charge in [0.1, 0.15) is 10.6 Å². The lowest BCUT2D eigenvalue weighted by Gasteiger charge is -2.17. The van der Waals surface area contributed by atoms with E-state index in [-0.39, 0.29) is 17.5 Å². The lowest BCUT2D eigenvalue weighted by atomic mass is 10.1. The first-order valence-corrected chi connectivity index (χ1v) is 11.4. The average molecular weight is 463 g/mol. The van der Waals surface area contributed by atoms with Gasteiger partial charge in [-0.3, -0.25) is 9.59 Å². The number of thioether (sulfide) groups is 1. The molecule has 0 radical (unpaired) electrons. The highest BCUT2D eigenvalue weighted by Gasteiger charge is 2.40. The van der Waals surface area contributed by atoms with Gasteiger partial charge in [-0.25, -0.2) is 4.90 Å². The minimum absolute atomic E-state index is 0.280. The molecule has 0 spiro atoms. The van der Waals surface area contributed by atoms with Crippen LogP contribution < -0.4 is 10.2 Å². The Hall–Kier alpha value is -3.02. The zero-order chi connectivity index (χ0) is 23.0. The summed E-state index contributed by atoms with van der Waals surface area (Å²) < 4.78 is 0. The molecule has 1 aliphatic heterocycles. The van der Waals surface area contributed by atoms with Crippen molar-refractivity contribution in [1.29, 1.82) is 0 Å². The van der Waals surface area contributed by atoms with Crippen LogP contribution in [0.2, 0.25) is 5.02 Å². The van der Waals surface area contributed by atoms with Crippen molar-refractivity contribution >= 4 is 46.6 Å². The van der Waals surface area contributed by atoms with E-state index in [1.54, 1.807) is 12.1 Å². The third-order valence-electron chi connectivity index (χ3n) is 5.40. The zero-order valence-corrected chi connectivity index (χ0v) is 19.9. The monoisotopic (exact) mass is 462 g/mol. The van der Waals surface area contributed by atoms with E-state index in [1.807, 2.05) is 76.2 Å². The van der Waals surface area contributed by atoms with Crippen molar-refractivity contribution < 1.29 is 9.59 Å². The molecule has 3 aromatic rings. The van der Waals surface area contributed by atoms with Gasteiger partial charge in [-0.2, -0.15) is 0 Å². The number of aryl methyl sites for hydroxylation is 3. The molecule has 4 nitrogen and oxygen atoms in total. The van der Waals surface area contributed by atoms with E-state index in [0.717, 1.165) is 32.8 Å². The summed E-state index contributed by atoms with van der Waals surface area (Å²) in [4.78, 5) is 29.5. The summed E-state index contributed by atoms with van der Waals surface area (Å²) in [7, 11) is 0. The van der Waals surface area contributed by atoms with Gasteiger partial charge in [-0.15, -0.1) is 0 Å². The SMILES string of the molecule is Cc1cc(C)cc(N2C(=O)C(Nc3cccc(C)c3C)=C(Sc3ccc(Cl)cc3)C2=O)c1. The first-order valence-electron chi connectivity index (χ1n) is 10.2. The minimum atomic E-state index is -0.364. The van der Waals surface area contributed by atoms with Crippen LogP contribution in [0.4, 0.5) is 11.4 Å². The van der Waals surface area contributed by atoms with Crippen LogP contribution in [0.25, 0.3) is 0 Å². The highest BCUT2D eigenvalue weighted by atomic mass is 35.5. The second kappa shape index (κ2) is 8.85. The van der Waals surface area contributed by atoms with Crippen molar-refractivity contribution in [3.8, 4) is 0 Å². The van der Waals surface area contributed by atoms with Crippen LogP contribution in [-0.4, -0.2) is 11.8 Å². The Balaban J connectivity index is 1.79. The molecule has 0 atom stereocenters. The van der Waals surface area contributed by atoms with Crippen molar-refractivity contribution in [2.24, 2.45) is 0 Å². The van der Waals surface area contributed by atoms with E-state index < -0.39 is 0 Å². The number of amides is 2. The molecule has 162 valence electrons. The molecule has 1 heterocycles. The fourth-order valence-corrected chi connectivity index (χ4v) is 4.72. The number of halogens is 1. The molecule has 0 aliphatic carbocycles. The fourth-order valence-electron chi connectivity index (χ4n) is 3.67. The summed E-state index contributed by atoms with van der Waals surface area (Å²) in [6.07, 6.45) is 0. The van der Waals surface area contributed by atoms with Crippen molar-refractivity contribution in [1.82, 2.24) is 0 Å². The van der Waals surface area contributed by atoms with E-state index in [2.05, 4.69) is 5.32 Å². The molecule has 2 amide bonds. The lowest BCUT2D eigenvalue weighted by Crippen LogP contribution is -2.32. The van der Waals surface area contributed by atoms with Crippen LogP contribution in [0.3, 0.4) is 0 Å². The molecule has 0 aromatic heterocycles. The van der Waals surface area contributed by atoms with Gasteiger partial charge < -0.3 is 5.32 Å². The van der Waals surface area contributed by atoms with Gasteiger partial charge >= 0.3 is 0 Å². The number of anilines is 2.